The molecule has 0 bridgehead atoms. The average Bonchev–Trinajstić information content (AvgIpc) is 3.06. The number of likely N-dealkylation sites (tertiary alicyclic amines) is 1. The minimum Gasteiger partial charge on any atom is -0.497 e. The Morgan fingerprint density at radius 2 is 1.83 bits per heavy atom. The predicted molar refractivity (Wildman–Crippen MR) is 87.3 cm³/mol. The fraction of sp³-hybridized carbons (Fsp3) is 0.316. The van der Waals surface area contributed by atoms with Gasteiger partial charge in [0.1, 0.15) is 5.75 Å². The number of halogens is 2. The smallest absolute Gasteiger partial charge is 0.315 e. The van der Waals surface area contributed by atoms with E-state index in [1.165, 1.54) is 4.90 Å². The highest BCUT2D eigenvalue weighted by molar-refractivity contribution is 5.80. The summed E-state index contributed by atoms with van der Waals surface area (Å²) >= 11 is 0. The van der Waals surface area contributed by atoms with E-state index < -0.39 is 18.4 Å². The summed E-state index contributed by atoms with van der Waals surface area (Å²) in [4.78, 5) is 13.3. The predicted octanol–water partition coefficient (Wildman–Crippen LogP) is 4.02. The number of benzene rings is 2. The van der Waals surface area contributed by atoms with E-state index >= 15 is 0 Å². The van der Waals surface area contributed by atoms with Crippen LogP contribution in [0, 0.1) is 0 Å². The molecule has 1 saturated heterocycles. The van der Waals surface area contributed by atoms with Gasteiger partial charge in [0.2, 0.25) is 0 Å². The Morgan fingerprint density at radius 1 is 1.12 bits per heavy atom. The molecule has 1 amide bonds. The molecule has 0 aromatic heterocycles. The van der Waals surface area contributed by atoms with Crippen molar-refractivity contribution in [2.75, 3.05) is 13.7 Å². The molecule has 1 fully saturated rings. The molecule has 0 unspecified atom stereocenters. The van der Waals surface area contributed by atoms with Gasteiger partial charge in [-0.25, -0.2) is 0 Å². The summed E-state index contributed by atoms with van der Waals surface area (Å²) in [7, 11) is 1.56. The lowest BCUT2D eigenvalue weighted by molar-refractivity contribution is -0.144. The third kappa shape index (κ3) is 3.11. The summed E-state index contributed by atoms with van der Waals surface area (Å²) in [6.07, 6.45) is -2.34. The van der Waals surface area contributed by atoms with Gasteiger partial charge in [-0.2, -0.15) is 8.78 Å². The van der Waals surface area contributed by atoms with Crippen molar-refractivity contribution < 1.29 is 18.3 Å². The zero-order valence-corrected chi connectivity index (χ0v) is 13.4. The van der Waals surface area contributed by atoms with Crippen molar-refractivity contribution in [2.24, 2.45) is 0 Å². The number of nitrogens with zero attached hydrogens (tertiary/aromatic N) is 1. The SMILES string of the molecule is COc1cccc([C@H]2[C@@H](c3ccccc3)CCN2C(=O)C(F)F)c1. The van der Waals surface area contributed by atoms with Crippen LogP contribution in [-0.2, 0) is 4.79 Å². The number of hydrogen-bond donors (Lipinski definition) is 0. The molecule has 1 heterocycles. The van der Waals surface area contributed by atoms with Gasteiger partial charge in [-0.15, -0.1) is 0 Å². The topological polar surface area (TPSA) is 29.5 Å². The minimum atomic E-state index is -2.99. The largest absolute Gasteiger partial charge is 0.497 e. The molecular weight excluding hydrogens is 312 g/mol. The molecule has 126 valence electrons. The number of amides is 1. The van der Waals surface area contributed by atoms with Gasteiger partial charge in [0.25, 0.3) is 5.91 Å². The summed E-state index contributed by atoms with van der Waals surface area (Å²) in [6.45, 7) is 0.324. The Morgan fingerprint density at radius 3 is 2.50 bits per heavy atom. The third-order valence-electron chi connectivity index (χ3n) is 4.53. The summed E-state index contributed by atoms with van der Waals surface area (Å²) in [5, 5.41) is 0. The summed E-state index contributed by atoms with van der Waals surface area (Å²) in [5.41, 5.74) is 1.87. The van der Waals surface area contributed by atoms with E-state index in [0.29, 0.717) is 18.7 Å². The van der Waals surface area contributed by atoms with E-state index in [9.17, 15) is 13.6 Å². The maximum atomic E-state index is 13.0. The molecule has 3 rings (SSSR count). The van der Waals surface area contributed by atoms with Crippen molar-refractivity contribution in [3.05, 3.63) is 65.7 Å². The van der Waals surface area contributed by atoms with Crippen molar-refractivity contribution in [3.8, 4) is 5.75 Å². The number of carbonyl (C=O) groups excluding carboxylic acids is 1. The summed E-state index contributed by atoms with van der Waals surface area (Å²) in [6, 6.07) is 16.6. The first-order valence-electron chi connectivity index (χ1n) is 7.89. The minimum absolute atomic E-state index is 0.0130. The van der Waals surface area contributed by atoms with E-state index in [1.54, 1.807) is 13.2 Å². The lowest BCUT2D eigenvalue weighted by atomic mass is 9.87. The Labute approximate surface area is 139 Å². The molecule has 24 heavy (non-hydrogen) atoms. The van der Waals surface area contributed by atoms with Crippen LogP contribution >= 0.6 is 0 Å². The molecule has 1 aliphatic heterocycles. The fourth-order valence-electron chi connectivity index (χ4n) is 3.45. The highest BCUT2D eigenvalue weighted by Crippen LogP contribution is 2.44. The van der Waals surface area contributed by atoms with Crippen molar-refractivity contribution in [2.45, 2.75) is 24.8 Å². The molecule has 0 saturated carbocycles. The Bertz CT molecular complexity index is 706. The molecule has 5 heteroatoms. The first kappa shape index (κ1) is 16.4. The van der Waals surface area contributed by atoms with E-state index in [2.05, 4.69) is 0 Å². The molecule has 0 aliphatic carbocycles. The third-order valence-corrected chi connectivity index (χ3v) is 4.53. The van der Waals surface area contributed by atoms with Crippen LogP contribution in [-0.4, -0.2) is 30.9 Å². The van der Waals surface area contributed by atoms with Crippen molar-refractivity contribution in [1.29, 1.82) is 0 Å². The van der Waals surface area contributed by atoms with Crippen LogP contribution in [0.15, 0.2) is 54.6 Å². The van der Waals surface area contributed by atoms with Gasteiger partial charge in [0.15, 0.2) is 0 Å². The molecule has 1 aliphatic rings. The second-order valence-corrected chi connectivity index (χ2v) is 5.86. The van der Waals surface area contributed by atoms with Gasteiger partial charge in [0, 0.05) is 12.5 Å². The van der Waals surface area contributed by atoms with Crippen molar-refractivity contribution in [1.82, 2.24) is 4.90 Å². The lowest BCUT2D eigenvalue weighted by Crippen LogP contribution is -2.36. The van der Waals surface area contributed by atoms with Crippen molar-refractivity contribution in [3.63, 3.8) is 0 Å². The first-order valence-corrected chi connectivity index (χ1v) is 7.89. The number of alkyl halides is 2. The van der Waals surface area contributed by atoms with Crippen molar-refractivity contribution >= 4 is 5.91 Å². The number of rotatable bonds is 4. The van der Waals surface area contributed by atoms with Crippen LogP contribution in [0.2, 0.25) is 0 Å². The van der Waals surface area contributed by atoms with Gasteiger partial charge in [-0.1, -0.05) is 42.5 Å². The highest BCUT2D eigenvalue weighted by Gasteiger charge is 2.41. The summed E-state index contributed by atoms with van der Waals surface area (Å²) in [5.74, 6) is -0.474. The molecule has 2 aromatic carbocycles. The van der Waals surface area contributed by atoms with Crippen LogP contribution in [0.3, 0.4) is 0 Å². The lowest BCUT2D eigenvalue weighted by Gasteiger charge is -2.29. The average molecular weight is 331 g/mol. The highest BCUT2D eigenvalue weighted by atomic mass is 19.3. The monoisotopic (exact) mass is 331 g/mol. The molecule has 3 nitrogen and oxygen atoms in total. The van der Waals surface area contributed by atoms with Gasteiger partial charge in [-0.3, -0.25) is 4.79 Å². The normalized spacial score (nSPS) is 20.4. The molecule has 2 aromatic rings. The number of methoxy groups -OCH3 is 1. The van der Waals surface area contributed by atoms with Gasteiger partial charge < -0.3 is 9.64 Å². The molecular formula is C19H19F2NO2. The molecule has 0 radical (unpaired) electrons. The van der Waals surface area contributed by atoms with Crippen LogP contribution in [0.1, 0.15) is 29.5 Å². The first-order chi connectivity index (χ1) is 11.6. The number of carbonyl (C=O) groups is 1. The van der Waals surface area contributed by atoms with Crippen LogP contribution < -0.4 is 4.74 Å². The van der Waals surface area contributed by atoms with E-state index in [1.807, 2.05) is 48.5 Å². The zero-order valence-electron chi connectivity index (χ0n) is 13.4. The zero-order chi connectivity index (χ0) is 17.1. The molecule has 0 spiro atoms. The second kappa shape index (κ2) is 6.99. The van der Waals surface area contributed by atoms with Gasteiger partial charge in [0.05, 0.1) is 13.2 Å². The Kier molecular flexibility index (Phi) is 4.79. The molecule has 2 atom stereocenters. The van der Waals surface area contributed by atoms with E-state index in [-0.39, 0.29) is 5.92 Å². The maximum Gasteiger partial charge on any atom is 0.315 e. The Hall–Kier alpha value is -2.43. The Balaban J connectivity index is 2.02. The quantitative estimate of drug-likeness (QED) is 0.847. The summed E-state index contributed by atoms with van der Waals surface area (Å²) < 4.78 is 31.3. The maximum absolute atomic E-state index is 13.0. The van der Waals surface area contributed by atoms with Crippen LogP contribution in [0.25, 0.3) is 0 Å². The fourth-order valence-corrected chi connectivity index (χ4v) is 3.45. The number of hydrogen-bond acceptors (Lipinski definition) is 2. The van der Waals surface area contributed by atoms with E-state index in [0.717, 1.165) is 11.1 Å². The molecule has 0 N–H and O–H groups in total. The van der Waals surface area contributed by atoms with Crippen LogP contribution in [0.5, 0.6) is 5.75 Å². The standard InChI is InChI=1S/C19H19F2NO2/c1-24-15-9-5-8-14(12-15)17-16(13-6-3-2-4-7-13)10-11-22(17)19(23)18(20)21/h2-9,12,16-18H,10-11H2,1H3/t16-,17+/m1/s1. The second-order valence-electron chi connectivity index (χ2n) is 5.86. The number of ether oxygens (including phenoxy) is 1. The van der Waals surface area contributed by atoms with Gasteiger partial charge >= 0.3 is 6.43 Å². The van der Waals surface area contributed by atoms with E-state index in [4.69, 9.17) is 4.74 Å². The van der Waals surface area contributed by atoms with Gasteiger partial charge in [-0.05, 0) is 29.7 Å². The van der Waals surface area contributed by atoms with Crippen LogP contribution in [0.4, 0.5) is 8.78 Å².